The van der Waals surface area contributed by atoms with E-state index in [1.54, 1.807) is 12.1 Å². The molecule has 1 aromatic carbocycles. The lowest BCUT2D eigenvalue weighted by molar-refractivity contribution is -0.118. The molecular formula is C14H20N2O2. The Balaban J connectivity index is 0.000000771. The highest BCUT2D eigenvalue weighted by atomic mass is 16.3. The van der Waals surface area contributed by atoms with E-state index in [9.17, 15) is 9.90 Å². The number of aromatic amines is 1. The molecule has 0 fully saturated rings. The molecule has 1 amide bonds. The Morgan fingerprint density at radius 3 is 2.78 bits per heavy atom. The summed E-state index contributed by atoms with van der Waals surface area (Å²) in [6.45, 7) is 6.11. The van der Waals surface area contributed by atoms with Crippen molar-refractivity contribution in [3.8, 4) is 5.75 Å². The van der Waals surface area contributed by atoms with Crippen molar-refractivity contribution < 1.29 is 9.90 Å². The summed E-state index contributed by atoms with van der Waals surface area (Å²) in [5.74, 6) is 0.232. The number of carbonyl (C=O) groups is 1. The predicted octanol–water partition coefficient (Wildman–Crippen LogP) is 2.58. The van der Waals surface area contributed by atoms with Crippen molar-refractivity contribution in [1.29, 1.82) is 0 Å². The smallest absolute Gasteiger partial charge is 0.216 e. The van der Waals surface area contributed by atoms with Gasteiger partial charge in [0.1, 0.15) is 5.75 Å². The first-order valence-electron chi connectivity index (χ1n) is 6.20. The number of hydrogen-bond acceptors (Lipinski definition) is 2. The average molecular weight is 248 g/mol. The Kier molecular flexibility index (Phi) is 5.24. The van der Waals surface area contributed by atoms with Gasteiger partial charge in [-0.3, -0.25) is 4.79 Å². The molecule has 4 heteroatoms. The van der Waals surface area contributed by atoms with Crippen molar-refractivity contribution in [2.75, 3.05) is 6.54 Å². The molecule has 1 aromatic heterocycles. The fourth-order valence-electron chi connectivity index (χ4n) is 1.75. The van der Waals surface area contributed by atoms with E-state index in [0.717, 1.165) is 22.9 Å². The van der Waals surface area contributed by atoms with Gasteiger partial charge in [0.2, 0.25) is 5.91 Å². The molecule has 0 spiro atoms. The van der Waals surface area contributed by atoms with Crippen LogP contribution >= 0.6 is 0 Å². The molecule has 0 radical (unpaired) electrons. The molecule has 0 aliphatic rings. The van der Waals surface area contributed by atoms with E-state index in [1.165, 1.54) is 6.92 Å². The number of rotatable bonds is 3. The minimum absolute atomic E-state index is 0.0253. The van der Waals surface area contributed by atoms with Crippen LogP contribution in [0.25, 0.3) is 10.9 Å². The summed E-state index contributed by atoms with van der Waals surface area (Å²) < 4.78 is 0. The Bertz CT molecular complexity index is 517. The standard InChI is InChI=1S/C12H14N2O2.C2H6/c1-8(15)13-5-4-9-7-14-12-3-2-10(16)6-11(9)12;1-2/h2-3,6-7,14,16H,4-5H2,1H3,(H,13,15);1-2H3. The van der Waals surface area contributed by atoms with Crippen LogP contribution in [-0.4, -0.2) is 22.5 Å². The van der Waals surface area contributed by atoms with Gasteiger partial charge in [0, 0.05) is 30.6 Å². The molecule has 4 nitrogen and oxygen atoms in total. The first-order chi connectivity index (χ1) is 8.66. The van der Waals surface area contributed by atoms with Crippen molar-refractivity contribution in [2.45, 2.75) is 27.2 Å². The zero-order chi connectivity index (χ0) is 13.5. The summed E-state index contributed by atoms with van der Waals surface area (Å²) in [5.41, 5.74) is 2.09. The average Bonchev–Trinajstić information content (AvgIpc) is 2.74. The lowest BCUT2D eigenvalue weighted by Crippen LogP contribution is -2.22. The van der Waals surface area contributed by atoms with E-state index < -0.39 is 0 Å². The highest BCUT2D eigenvalue weighted by Crippen LogP contribution is 2.22. The third kappa shape index (κ3) is 3.52. The van der Waals surface area contributed by atoms with E-state index >= 15 is 0 Å². The lowest BCUT2D eigenvalue weighted by atomic mass is 10.1. The molecule has 0 atom stereocenters. The molecule has 0 aliphatic carbocycles. The number of phenols is 1. The summed E-state index contributed by atoms with van der Waals surface area (Å²) in [7, 11) is 0. The first kappa shape index (κ1) is 14.1. The van der Waals surface area contributed by atoms with Crippen LogP contribution in [0.5, 0.6) is 5.75 Å². The van der Waals surface area contributed by atoms with E-state index in [-0.39, 0.29) is 11.7 Å². The van der Waals surface area contributed by atoms with Crippen LogP contribution in [0.1, 0.15) is 26.3 Å². The normalized spacial score (nSPS) is 9.72. The highest BCUT2D eigenvalue weighted by molar-refractivity contribution is 5.84. The van der Waals surface area contributed by atoms with Crippen LogP contribution < -0.4 is 5.32 Å². The zero-order valence-electron chi connectivity index (χ0n) is 11.1. The van der Waals surface area contributed by atoms with Crippen LogP contribution in [0.3, 0.4) is 0 Å². The molecule has 0 bridgehead atoms. The van der Waals surface area contributed by atoms with E-state index in [2.05, 4.69) is 10.3 Å². The molecule has 3 N–H and O–H groups in total. The summed E-state index contributed by atoms with van der Waals surface area (Å²) in [6.07, 6.45) is 2.66. The summed E-state index contributed by atoms with van der Waals surface area (Å²) in [6, 6.07) is 5.22. The van der Waals surface area contributed by atoms with Crippen molar-refractivity contribution in [2.24, 2.45) is 0 Å². The third-order valence-corrected chi connectivity index (χ3v) is 2.52. The molecule has 2 aromatic rings. The Morgan fingerprint density at radius 2 is 2.11 bits per heavy atom. The second-order valence-electron chi connectivity index (χ2n) is 3.78. The Hall–Kier alpha value is -1.97. The number of fused-ring (bicyclic) bond motifs is 1. The summed E-state index contributed by atoms with van der Waals surface area (Å²) >= 11 is 0. The van der Waals surface area contributed by atoms with Gasteiger partial charge in [0.25, 0.3) is 0 Å². The summed E-state index contributed by atoms with van der Waals surface area (Å²) in [4.78, 5) is 13.9. The summed E-state index contributed by atoms with van der Waals surface area (Å²) in [5, 5.41) is 13.2. The number of H-pyrrole nitrogens is 1. The van der Waals surface area contributed by atoms with Crippen molar-refractivity contribution in [3.63, 3.8) is 0 Å². The Labute approximate surface area is 107 Å². The Morgan fingerprint density at radius 1 is 1.39 bits per heavy atom. The second kappa shape index (κ2) is 6.69. The molecule has 98 valence electrons. The number of aromatic nitrogens is 1. The number of carbonyl (C=O) groups excluding carboxylic acids is 1. The SMILES string of the molecule is CC.CC(=O)NCCc1c[nH]c2ccc(O)cc12. The van der Waals surface area contributed by atoms with E-state index in [4.69, 9.17) is 0 Å². The lowest BCUT2D eigenvalue weighted by Gasteiger charge is -2.01. The zero-order valence-corrected chi connectivity index (χ0v) is 11.1. The maximum Gasteiger partial charge on any atom is 0.216 e. The van der Waals surface area contributed by atoms with Crippen molar-refractivity contribution in [3.05, 3.63) is 30.0 Å². The van der Waals surface area contributed by atoms with Gasteiger partial charge in [0.15, 0.2) is 0 Å². The number of nitrogens with one attached hydrogen (secondary N) is 2. The topological polar surface area (TPSA) is 65.1 Å². The van der Waals surface area contributed by atoms with Gasteiger partial charge >= 0.3 is 0 Å². The molecule has 18 heavy (non-hydrogen) atoms. The van der Waals surface area contributed by atoms with Gasteiger partial charge in [-0.1, -0.05) is 13.8 Å². The molecular weight excluding hydrogens is 228 g/mol. The number of benzene rings is 1. The number of phenolic OH excluding ortho intramolecular Hbond substituents is 1. The van der Waals surface area contributed by atoms with Crippen molar-refractivity contribution in [1.82, 2.24) is 10.3 Å². The minimum Gasteiger partial charge on any atom is -0.508 e. The molecule has 2 rings (SSSR count). The fourth-order valence-corrected chi connectivity index (χ4v) is 1.75. The minimum atomic E-state index is -0.0253. The van der Waals surface area contributed by atoms with Gasteiger partial charge in [0.05, 0.1) is 0 Å². The molecule has 0 saturated heterocycles. The molecule has 0 unspecified atom stereocenters. The van der Waals surface area contributed by atoms with Gasteiger partial charge in [-0.25, -0.2) is 0 Å². The number of aromatic hydroxyl groups is 1. The molecule has 1 heterocycles. The van der Waals surface area contributed by atoms with Crippen LogP contribution in [-0.2, 0) is 11.2 Å². The number of amides is 1. The predicted molar refractivity (Wildman–Crippen MR) is 73.7 cm³/mol. The quantitative estimate of drug-likeness (QED) is 0.781. The molecule has 0 saturated carbocycles. The van der Waals surface area contributed by atoms with E-state index in [1.807, 2.05) is 26.1 Å². The van der Waals surface area contributed by atoms with Gasteiger partial charge in [-0.2, -0.15) is 0 Å². The van der Waals surface area contributed by atoms with Crippen LogP contribution in [0.2, 0.25) is 0 Å². The third-order valence-electron chi connectivity index (χ3n) is 2.52. The van der Waals surface area contributed by atoms with Crippen LogP contribution in [0, 0.1) is 0 Å². The largest absolute Gasteiger partial charge is 0.508 e. The maximum atomic E-state index is 10.7. The number of hydrogen-bond donors (Lipinski definition) is 3. The maximum absolute atomic E-state index is 10.7. The van der Waals surface area contributed by atoms with E-state index in [0.29, 0.717) is 6.54 Å². The highest BCUT2D eigenvalue weighted by Gasteiger charge is 2.04. The second-order valence-corrected chi connectivity index (χ2v) is 3.78. The fraction of sp³-hybridized carbons (Fsp3) is 0.357. The van der Waals surface area contributed by atoms with Gasteiger partial charge < -0.3 is 15.4 Å². The van der Waals surface area contributed by atoms with Crippen LogP contribution in [0.15, 0.2) is 24.4 Å². The van der Waals surface area contributed by atoms with Gasteiger partial charge in [-0.05, 0) is 30.2 Å². The molecule has 0 aliphatic heterocycles. The van der Waals surface area contributed by atoms with Gasteiger partial charge in [-0.15, -0.1) is 0 Å². The first-order valence-corrected chi connectivity index (χ1v) is 6.20. The van der Waals surface area contributed by atoms with Crippen molar-refractivity contribution >= 4 is 16.8 Å². The van der Waals surface area contributed by atoms with Crippen LogP contribution in [0.4, 0.5) is 0 Å². The monoisotopic (exact) mass is 248 g/mol.